The minimum absolute atomic E-state index is 0. The van der Waals surface area contributed by atoms with Crippen molar-refractivity contribution < 1.29 is 27.9 Å². The summed E-state index contributed by atoms with van der Waals surface area (Å²) in [4.78, 5) is 42.6. The van der Waals surface area contributed by atoms with E-state index in [4.69, 9.17) is 4.74 Å². The normalized spacial score (nSPS) is 21.5. The molecule has 2 fully saturated rings. The molecule has 3 aromatic rings. The van der Waals surface area contributed by atoms with Crippen molar-refractivity contribution in [2.24, 2.45) is 17.3 Å². The Hall–Kier alpha value is -3.76. The molecule has 1 aliphatic carbocycles. The first-order valence-electron chi connectivity index (χ1n) is 15.7. The number of carbonyl (C=O) groups is 3. The van der Waals surface area contributed by atoms with Crippen molar-refractivity contribution in [3.63, 3.8) is 0 Å². The number of nitrogens with one attached hydrogen (secondary N) is 2. The largest absolute Gasteiger partial charge is 0.466 e. The Kier molecular flexibility index (Phi) is 9.35. The highest BCUT2D eigenvalue weighted by molar-refractivity contribution is 5.95. The summed E-state index contributed by atoms with van der Waals surface area (Å²) in [6.45, 7) is 12.2. The monoisotopic (exact) mass is 654 g/mol. The number of hydrogen-bond acceptors (Lipinski definition) is 5. The summed E-state index contributed by atoms with van der Waals surface area (Å²) in [6, 6.07) is 12.0. The van der Waals surface area contributed by atoms with Gasteiger partial charge in [-0.3, -0.25) is 14.4 Å². The van der Waals surface area contributed by atoms with E-state index in [0.29, 0.717) is 30.9 Å². The molecule has 6 rings (SSSR count). The lowest BCUT2D eigenvalue weighted by molar-refractivity contribution is -0.145. The van der Waals surface area contributed by atoms with Crippen LogP contribution in [0.5, 0.6) is 0 Å². The highest BCUT2D eigenvalue weighted by Crippen LogP contribution is 2.64. The second kappa shape index (κ2) is 12.8. The zero-order chi connectivity index (χ0) is 32.2. The van der Waals surface area contributed by atoms with Crippen molar-refractivity contribution in [2.45, 2.75) is 66.2 Å². The molecule has 0 unspecified atom stereocenters. The van der Waals surface area contributed by atoms with E-state index in [1.807, 2.05) is 48.7 Å². The number of amides is 2. The van der Waals surface area contributed by atoms with Crippen LogP contribution in [0.4, 0.5) is 8.78 Å². The lowest BCUT2D eigenvalue weighted by atomic mass is 9.88. The van der Waals surface area contributed by atoms with E-state index in [-0.39, 0.29) is 47.7 Å². The minimum Gasteiger partial charge on any atom is -0.466 e. The van der Waals surface area contributed by atoms with Gasteiger partial charge >= 0.3 is 5.97 Å². The Bertz CT molecular complexity index is 1670. The second-order valence-electron chi connectivity index (χ2n) is 13.1. The van der Waals surface area contributed by atoms with Crippen LogP contribution in [0, 0.1) is 42.7 Å². The van der Waals surface area contributed by atoms with Gasteiger partial charge in [0, 0.05) is 43.4 Å². The highest BCUT2D eigenvalue weighted by atomic mass is 35.5. The Labute approximate surface area is 274 Å². The second-order valence-corrected chi connectivity index (χ2v) is 13.1. The van der Waals surface area contributed by atoms with Crippen molar-refractivity contribution in [2.75, 3.05) is 19.7 Å². The Morgan fingerprint density at radius 2 is 1.83 bits per heavy atom. The van der Waals surface area contributed by atoms with Crippen LogP contribution in [0.2, 0.25) is 0 Å². The van der Waals surface area contributed by atoms with Crippen LogP contribution in [-0.2, 0) is 27.4 Å². The summed E-state index contributed by atoms with van der Waals surface area (Å²) in [7, 11) is 0. The van der Waals surface area contributed by atoms with Crippen LogP contribution in [0.15, 0.2) is 42.5 Å². The van der Waals surface area contributed by atoms with Crippen LogP contribution < -0.4 is 10.6 Å². The molecule has 11 heteroatoms. The van der Waals surface area contributed by atoms with Gasteiger partial charge in [0.1, 0.15) is 11.9 Å². The summed E-state index contributed by atoms with van der Waals surface area (Å²) in [5.74, 6) is -5.07. The lowest BCUT2D eigenvalue weighted by Gasteiger charge is -2.33. The van der Waals surface area contributed by atoms with E-state index >= 15 is 8.78 Å². The van der Waals surface area contributed by atoms with Crippen LogP contribution in [-0.4, -0.2) is 53.1 Å². The minimum atomic E-state index is -1.38. The third-order valence-electron chi connectivity index (χ3n) is 10.1. The number of esters is 1. The molecule has 1 saturated heterocycles. The van der Waals surface area contributed by atoms with Crippen LogP contribution >= 0.6 is 12.4 Å². The van der Waals surface area contributed by atoms with Crippen molar-refractivity contribution in [1.29, 1.82) is 0 Å². The molecule has 1 aromatic heterocycles. The molecule has 0 bridgehead atoms. The van der Waals surface area contributed by atoms with Crippen molar-refractivity contribution >= 4 is 30.2 Å². The number of benzene rings is 2. The molecule has 2 aromatic carbocycles. The molecular formula is C35H41ClF2N4O4. The van der Waals surface area contributed by atoms with Crippen LogP contribution in [0.3, 0.4) is 0 Å². The fourth-order valence-corrected chi connectivity index (χ4v) is 7.58. The van der Waals surface area contributed by atoms with Gasteiger partial charge in [-0.05, 0) is 78.6 Å². The van der Waals surface area contributed by atoms with Gasteiger partial charge in [-0.2, -0.15) is 0 Å². The van der Waals surface area contributed by atoms with E-state index in [1.54, 1.807) is 11.8 Å². The van der Waals surface area contributed by atoms with E-state index in [1.165, 1.54) is 6.07 Å². The maximum Gasteiger partial charge on any atom is 0.306 e. The Morgan fingerprint density at radius 1 is 1.11 bits per heavy atom. The van der Waals surface area contributed by atoms with Gasteiger partial charge in [-0.1, -0.05) is 32.0 Å². The van der Waals surface area contributed by atoms with E-state index in [9.17, 15) is 14.4 Å². The zero-order valence-electron chi connectivity index (χ0n) is 26.8. The number of likely N-dealkylation sites (tertiary alicyclic amines) is 1. The fourth-order valence-electron chi connectivity index (χ4n) is 7.58. The summed E-state index contributed by atoms with van der Waals surface area (Å²) in [5.41, 5.74) is 4.10. The summed E-state index contributed by atoms with van der Waals surface area (Å²) in [5, 5.41) is 6.33. The number of ether oxygens (including phenoxy) is 1. The number of aromatic nitrogens is 1. The molecule has 3 heterocycles. The first kappa shape index (κ1) is 33.6. The third-order valence-corrected chi connectivity index (χ3v) is 10.1. The number of nitrogens with zero attached hydrogens (tertiary/aromatic N) is 2. The van der Waals surface area contributed by atoms with Gasteiger partial charge in [0.05, 0.1) is 18.9 Å². The molecule has 246 valence electrons. The first-order valence-corrected chi connectivity index (χ1v) is 15.7. The quantitative estimate of drug-likeness (QED) is 0.314. The number of fused-ring (bicyclic) bond motifs is 2. The van der Waals surface area contributed by atoms with E-state index < -0.39 is 42.0 Å². The maximum absolute atomic E-state index is 15.6. The third kappa shape index (κ3) is 5.81. The predicted molar refractivity (Wildman–Crippen MR) is 172 cm³/mol. The van der Waals surface area contributed by atoms with E-state index in [0.717, 1.165) is 35.0 Å². The van der Waals surface area contributed by atoms with E-state index in [2.05, 4.69) is 24.5 Å². The van der Waals surface area contributed by atoms with Gasteiger partial charge in [0.15, 0.2) is 11.6 Å². The molecular weight excluding hydrogens is 614 g/mol. The molecule has 0 spiro atoms. The summed E-state index contributed by atoms with van der Waals surface area (Å²) >= 11 is 0. The molecule has 0 radical (unpaired) electrons. The summed E-state index contributed by atoms with van der Waals surface area (Å²) < 4.78 is 38.1. The Balaban J connectivity index is 0.00000417. The molecule has 46 heavy (non-hydrogen) atoms. The molecule has 8 nitrogen and oxygen atoms in total. The number of hydrogen-bond donors (Lipinski definition) is 2. The highest BCUT2D eigenvalue weighted by Gasteiger charge is 2.68. The molecule has 2 N–H and O–H groups in total. The average Bonchev–Trinajstić information content (AvgIpc) is 3.31. The Morgan fingerprint density at radius 3 is 2.52 bits per heavy atom. The number of piperidine rings is 1. The van der Waals surface area contributed by atoms with Gasteiger partial charge in [-0.15, -0.1) is 12.4 Å². The van der Waals surface area contributed by atoms with Gasteiger partial charge in [0.2, 0.25) is 5.91 Å². The predicted octanol–water partition coefficient (Wildman–Crippen LogP) is 5.48. The van der Waals surface area contributed by atoms with Crippen molar-refractivity contribution in [3.05, 3.63) is 82.2 Å². The molecule has 1 saturated carbocycles. The van der Waals surface area contributed by atoms with Crippen molar-refractivity contribution in [1.82, 2.24) is 20.1 Å². The standard InChI is InChI=1S/C35H40F2N4O4.ClH/c1-6-45-28(42)16-24(23-14-21(15-26(36)31(23)37)29-19(2)8-7-9-20(29)3)33(43)39-32-30-25(35(30,4)5)18-41(32)34(44)27-11-10-22-17-38-12-13-40(22)27;/h7-11,14-15,24-25,30,32,38H,6,12-13,16-18H2,1-5H3,(H,39,43);1H/t24-,25-,30-,32-;/m0./s1. The number of halogens is 3. The van der Waals surface area contributed by atoms with Gasteiger partial charge in [-0.25, -0.2) is 8.78 Å². The fraction of sp³-hybridized carbons (Fsp3) is 0.457. The average molecular weight is 655 g/mol. The van der Waals surface area contributed by atoms with Gasteiger partial charge < -0.3 is 24.8 Å². The molecule has 4 atom stereocenters. The first-order chi connectivity index (χ1) is 21.4. The zero-order valence-corrected chi connectivity index (χ0v) is 27.6. The topological polar surface area (TPSA) is 92.7 Å². The van der Waals surface area contributed by atoms with Crippen LogP contribution in [0.1, 0.15) is 66.0 Å². The molecule has 3 aliphatic rings. The van der Waals surface area contributed by atoms with Crippen LogP contribution in [0.25, 0.3) is 11.1 Å². The molecule has 2 aliphatic heterocycles. The number of carbonyl (C=O) groups excluding carboxylic acids is 3. The maximum atomic E-state index is 15.6. The number of aryl methyl sites for hydroxylation is 2. The number of rotatable bonds is 8. The van der Waals surface area contributed by atoms with Crippen molar-refractivity contribution in [3.8, 4) is 11.1 Å². The smallest absolute Gasteiger partial charge is 0.306 e. The molecule has 2 amide bonds. The lowest BCUT2D eigenvalue weighted by Crippen LogP contribution is -2.52. The SMILES string of the molecule is CCOC(=O)C[C@H](C(=O)N[C@@H]1[C@@H]2[C@H](CN1C(=O)c1ccc3n1CCNC3)C2(C)C)c1cc(-c2c(C)cccc2C)cc(F)c1F.Cl. The summed E-state index contributed by atoms with van der Waals surface area (Å²) in [6.07, 6.45) is -1.15. The van der Waals surface area contributed by atoms with Gasteiger partial charge in [0.25, 0.3) is 5.91 Å².